The van der Waals surface area contributed by atoms with Gasteiger partial charge in [-0.2, -0.15) is 11.8 Å². The number of fused-ring (bicyclic) bond motifs is 1. The first-order chi connectivity index (χ1) is 9.65. The Morgan fingerprint density at radius 2 is 2.05 bits per heavy atom. The molecular formula is C16H22N2OS. The summed E-state index contributed by atoms with van der Waals surface area (Å²) in [5.41, 5.74) is 3.47. The average molecular weight is 290 g/mol. The standard InChI is InChI=1S/C16H22N2OS/c1-11-9-18(10-12(2)20-11)16(19)15-5-3-4-13-8-17-7-6-14(13)15/h3-5,11-12,17H,6-10H2,1-2H3. The lowest BCUT2D eigenvalue weighted by Crippen LogP contribution is -2.44. The Balaban J connectivity index is 1.87. The summed E-state index contributed by atoms with van der Waals surface area (Å²) in [6.07, 6.45) is 0.963. The van der Waals surface area contributed by atoms with Crippen LogP contribution in [0.1, 0.15) is 35.3 Å². The number of thioether (sulfide) groups is 1. The average Bonchev–Trinajstić information content (AvgIpc) is 2.45. The van der Waals surface area contributed by atoms with E-state index < -0.39 is 0 Å². The van der Waals surface area contributed by atoms with Gasteiger partial charge in [0.05, 0.1) is 0 Å². The second-order valence-corrected chi connectivity index (χ2v) is 7.72. The van der Waals surface area contributed by atoms with Crippen molar-refractivity contribution in [1.29, 1.82) is 0 Å². The van der Waals surface area contributed by atoms with Crippen LogP contribution in [-0.4, -0.2) is 40.9 Å². The normalized spacial score (nSPS) is 26.2. The summed E-state index contributed by atoms with van der Waals surface area (Å²) in [5.74, 6) is 0.225. The molecule has 2 aliphatic heterocycles. The fourth-order valence-corrected chi connectivity index (χ4v) is 4.57. The number of amides is 1. The molecule has 1 aromatic rings. The molecule has 2 unspecified atom stereocenters. The quantitative estimate of drug-likeness (QED) is 0.861. The zero-order valence-electron chi connectivity index (χ0n) is 12.2. The van der Waals surface area contributed by atoms with Crippen LogP contribution in [0, 0.1) is 0 Å². The summed E-state index contributed by atoms with van der Waals surface area (Å²) in [5, 5.41) is 4.44. The van der Waals surface area contributed by atoms with Gasteiger partial charge in [0.25, 0.3) is 5.91 Å². The Morgan fingerprint density at radius 1 is 1.30 bits per heavy atom. The Bertz CT molecular complexity index is 507. The molecule has 1 aromatic carbocycles. The van der Waals surface area contributed by atoms with Crippen molar-refractivity contribution in [3.05, 3.63) is 34.9 Å². The topological polar surface area (TPSA) is 32.3 Å². The van der Waals surface area contributed by atoms with Crippen molar-refractivity contribution >= 4 is 17.7 Å². The van der Waals surface area contributed by atoms with Gasteiger partial charge in [-0.25, -0.2) is 0 Å². The third-order valence-corrected chi connectivity index (χ3v) is 5.30. The molecule has 2 heterocycles. The van der Waals surface area contributed by atoms with E-state index in [1.54, 1.807) is 0 Å². The monoisotopic (exact) mass is 290 g/mol. The van der Waals surface area contributed by atoms with Crippen LogP contribution >= 0.6 is 11.8 Å². The highest BCUT2D eigenvalue weighted by Gasteiger charge is 2.28. The maximum Gasteiger partial charge on any atom is 0.254 e. The highest BCUT2D eigenvalue weighted by molar-refractivity contribution is 8.00. The zero-order chi connectivity index (χ0) is 14.1. The van der Waals surface area contributed by atoms with E-state index in [1.807, 2.05) is 28.8 Å². The summed E-state index contributed by atoms with van der Waals surface area (Å²) >= 11 is 1.98. The van der Waals surface area contributed by atoms with E-state index in [-0.39, 0.29) is 5.91 Å². The van der Waals surface area contributed by atoms with E-state index >= 15 is 0 Å². The number of nitrogens with one attached hydrogen (secondary N) is 1. The number of hydrogen-bond donors (Lipinski definition) is 1. The van der Waals surface area contributed by atoms with E-state index in [1.165, 1.54) is 11.1 Å². The van der Waals surface area contributed by atoms with Gasteiger partial charge in [-0.1, -0.05) is 26.0 Å². The molecule has 0 bridgehead atoms. The molecule has 3 rings (SSSR count). The van der Waals surface area contributed by atoms with Crippen molar-refractivity contribution < 1.29 is 4.79 Å². The first-order valence-electron chi connectivity index (χ1n) is 7.41. The third-order valence-electron chi connectivity index (χ3n) is 4.08. The molecule has 0 aliphatic carbocycles. The second kappa shape index (κ2) is 5.78. The van der Waals surface area contributed by atoms with Crippen molar-refractivity contribution in [2.75, 3.05) is 19.6 Å². The zero-order valence-corrected chi connectivity index (χ0v) is 13.0. The van der Waals surface area contributed by atoms with E-state index in [2.05, 4.69) is 25.2 Å². The lowest BCUT2D eigenvalue weighted by Gasteiger charge is -2.35. The Hall–Kier alpha value is -1.00. The number of hydrogen-bond acceptors (Lipinski definition) is 3. The summed E-state index contributed by atoms with van der Waals surface area (Å²) < 4.78 is 0. The molecule has 1 fully saturated rings. The van der Waals surface area contributed by atoms with Gasteiger partial charge in [0.2, 0.25) is 0 Å². The second-order valence-electron chi connectivity index (χ2n) is 5.84. The van der Waals surface area contributed by atoms with Crippen molar-refractivity contribution in [3.8, 4) is 0 Å². The molecule has 4 heteroatoms. The Kier molecular flexibility index (Phi) is 4.03. The number of nitrogens with zero attached hydrogens (tertiary/aromatic N) is 1. The first kappa shape index (κ1) is 14.0. The lowest BCUT2D eigenvalue weighted by atomic mass is 9.94. The van der Waals surface area contributed by atoms with Crippen LogP contribution in [0.15, 0.2) is 18.2 Å². The molecule has 0 spiro atoms. The van der Waals surface area contributed by atoms with Gasteiger partial charge in [0.15, 0.2) is 0 Å². The fraction of sp³-hybridized carbons (Fsp3) is 0.562. The molecule has 1 N–H and O–H groups in total. The van der Waals surface area contributed by atoms with Gasteiger partial charge in [-0.3, -0.25) is 4.79 Å². The van der Waals surface area contributed by atoms with Crippen LogP contribution in [0.4, 0.5) is 0 Å². The molecule has 0 saturated carbocycles. The molecule has 1 amide bonds. The molecule has 20 heavy (non-hydrogen) atoms. The molecule has 2 atom stereocenters. The fourth-order valence-electron chi connectivity index (χ4n) is 3.25. The van der Waals surface area contributed by atoms with Crippen LogP contribution in [0.5, 0.6) is 0 Å². The van der Waals surface area contributed by atoms with Crippen molar-refractivity contribution in [3.63, 3.8) is 0 Å². The van der Waals surface area contributed by atoms with E-state index in [9.17, 15) is 4.79 Å². The van der Waals surface area contributed by atoms with E-state index in [0.29, 0.717) is 10.5 Å². The lowest BCUT2D eigenvalue weighted by molar-refractivity contribution is 0.0752. The van der Waals surface area contributed by atoms with Crippen LogP contribution in [0.3, 0.4) is 0 Å². The largest absolute Gasteiger partial charge is 0.336 e. The number of rotatable bonds is 1. The molecule has 0 radical (unpaired) electrons. The van der Waals surface area contributed by atoms with Gasteiger partial charge in [-0.05, 0) is 30.2 Å². The van der Waals surface area contributed by atoms with Crippen LogP contribution in [0.2, 0.25) is 0 Å². The SMILES string of the molecule is CC1CN(C(=O)c2cccc3c2CCNC3)CC(C)S1. The highest BCUT2D eigenvalue weighted by atomic mass is 32.2. The minimum Gasteiger partial charge on any atom is -0.336 e. The molecule has 2 aliphatic rings. The minimum absolute atomic E-state index is 0.225. The molecule has 1 saturated heterocycles. The van der Waals surface area contributed by atoms with Gasteiger partial charge >= 0.3 is 0 Å². The number of carbonyl (C=O) groups is 1. The van der Waals surface area contributed by atoms with Crippen LogP contribution < -0.4 is 5.32 Å². The predicted octanol–water partition coefficient (Wildman–Crippen LogP) is 2.30. The summed E-state index contributed by atoms with van der Waals surface area (Å²) in [7, 11) is 0. The third kappa shape index (κ3) is 2.72. The van der Waals surface area contributed by atoms with Crippen LogP contribution in [0.25, 0.3) is 0 Å². The van der Waals surface area contributed by atoms with Gasteiger partial charge in [-0.15, -0.1) is 0 Å². The number of benzene rings is 1. The van der Waals surface area contributed by atoms with Gasteiger partial charge < -0.3 is 10.2 Å². The van der Waals surface area contributed by atoms with Crippen molar-refractivity contribution in [1.82, 2.24) is 10.2 Å². The number of carbonyl (C=O) groups excluding carboxylic acids is 1. The van der Waals surface area contributed by atoms with Crippen LogP contribution in [-0.2, 0) is 13.0 Å². The highest BCUT2D eigenvalue weighted by Crippen LogP contribution is 2.27. The predicted molar refractivity (Wildman–Crippen MR) is 84.3 cm³/mol. The van der Waals surface area contributed by atoms with E-state index in [0.717, 1.165) is 38.2 Å². The summed E-state index contributed by atoms with van der Waals surface area (Å²) in [4.78, 5) is 14.9. The van der Waals surface area contributed by atoms with E-state index in [4.69, 9.17) is 0 Å². The Labute approximate surface area is 125 Å². The van der Waals surface area contributed by atoms with Gasteiger partial charge in [0.1, 0.15) is 0 Å². The summed E-state index contributed by atoms with van der Waals surface area (Å²) in [6.45, 7) is 8.03. The summed E-state index contributed by atoms with van der Waals surface area (Å²) in [6, 6.07) is 6.16. The smallest absolute Gasteiger partial charge is 0.254 e. The van der Waals surface area contributed by atoms with Gasteiger partial charge in [0, 0.05) is 35.7 Å². The maximum absolute atomic E-state index is 12.9. The van der Waals surface area contributed by atoms with Crippen molar-refractivity contribution in [2.24, 2.45) is 0 Å². The van der Waals surface area contributed by atoms with Crippen molar-refractivity contribution in [2.45, 2.75) is 37.3 Å². The molecule has 3 nitrogen and oxygen atoms in total. The maximum atomic E-state index is 12.9. The first-order valence-corrected chi connectivity index (χ1v) is 8.35. The molecular weight excluding hydrogens is 268 g/mol. The molecule has 0 aromatic heterocycles. The Morgan fingerprint density at radius 3 is 2.80 bits per heavy atom. The minimum atomic E-state index is 0.225. The molecule has 108 valence electrons.